The highest BCUT2D eigenvalue weighted by molar-refractivity contribution is 4.97. The molecule has 2 heterocycles. The fourth-order valence-electron chi connectivity index (χ4n) is 2.88. The molecule has 1 aliphatic carbocycles. The van der Waals surface area contributed by atoms with Crippen LogP contribution in [0.15, 0.2) is 0 Å². The van der Waals surface area contributed by atoms with E-state index in [1.54, 1.807) is 0 Å². The first-order valence-corrected chi connectivity index (χ1v) is 5.53. The van der Waals surface area contributed by atoms with Crippen LogP contribution in [0.2, 0.25) is 0 Å². The molecule has 3 aliphatic rings. The van der Waals surface area contributed by atoms with E-state index in [1.165, 1.54) is 19.3 Å². The maximum absolute atomic E-state index is 6.05. The zero-order chi connectivity index (χ0) is 8.89. The quantitative estimate of drug-likeness (QED) is 0.570. The van der Waals surface area contributed by atoms with Gasteiger partial charge in [0.2, 0.25) is 0 Å². The summed E-state index contributed by atoms with van der Waals surface area (Å²) in [5.41, 5.74) is 0.118. The van der Waals surface area contributed by atoms with Gasteiger partial charge in [-0.05, 0) is 38.0 Å². The minimum atomic E-state index is 0.118. The Balaban J connectivity index is 1.70. The van der Waals surface area contributed by atoms with Crippen molar-refractivity contribution in [1.29, 1.82) is 0 Å². The molecule has 1 spiro atoms. The molecule has 74 valence electrons. The number of hydrogen-bond acceptors (Lipinski definition) is 2. The highest BCUT2D eigenvalue weighted by Gasteiger charge is 2.47. The van der Waals surface area contributed by atoms with E-state index in [0.29, 0.717) is 6.10 Å². The molecule has 0 aromatic heterocycles. The van der Waals surface area contributed by atoms with E-state index in [2.05, 4.69) is 6.92 Å². The fraction of sp³-hybridized carbons (Fsp3) is 1.00. The van der Waals surface area contributed by atoms with Gasteiger partial charge >= 0.3 is 0 Å². The zero-order valence-corrected chi connectivity index (χ0v) is 8.29. The summed E-state index contributed by atoms with van der Waals surface area (Å²) in [6, 6.07) is 0. The van der Waals surface area contributed by atoms with Crippen LogP contribution in [0.5, 0.6) is 0 Å². The molecular weight excluding hydrogens is 164 g/mol. The topological polar surface area (TPSA) is 18.5 Å². The van der Waals surface area contributed by atoms with E-state index in [1.807, 2.05) is 0 Å². The number of rotatable bonds is 0. The molecule has 0 N–H and O–H groups in total. The largest absolute Gasteiger partial charge is 0.375 e. The van der Waals surface area contributed by atoms with Gasteiger partial charge in [0.25, 0.3) is 0 Å². The van der Waals surface area contributed by atoms with Gasteiger partial charge in [-0.3, -0.25) is 0 Å². The third-order valence-electron chi connectivity index (χ3n) is 3.93. The van der Waals surface area contributed by atoms with Gasteiger partial charge in [-0.2, -0.15) is 0 Å². The summed E-state index contributed by atoms with van der Waals surface area (Å²) in [4.78, 5) is 0. The fourth-order valence-corrected chi connectivity index (χ4v) is 2.88. The summed E-state index contributed by atoms with van der Waals surface area (Å²) in [5.74, 6) is 1.89. The number of ether oxygens (including phenoxy) is 2. The van der Waals surface area contributed by atoms with Gasteiger partial charge in [-0.25, -0.2) is 0 Å². The lowest BCUT2D eigenvalue weighted by Crippen LogP contribution is -2.33. The Hall–Kier alpha value is -0.0800. The maximum Gasteiger partial charge on any atom is 0.0939 e. The molecule has 13 heavy (non-hydrogen) atoms. The zero-order valence-electron chi connectivity index (χ0n) is 8.29. The summed E-state index contributed by atoms with van der Waals surface area (Å²) in [6.07, 6.45) is 5.56. The molecule has 0 aromatic carbocycles. The van der Waals surface area contributed by atoms with E-state index in [9.17, 15) is 0 Å². The number of hydrogen-bond donors (Lipinski definition) is 0. The average Bonchev–Trinajstić information content (AvgIpc) is 2.78. The number of fused-ring (bicyclic) bond motifs is 1. The molecule has 3 rings (SSSR count). The van der Waals surface area contributed by atoms with Crippen LogP contribution in [-0.4, -0.2) is 24.9 Å². The van der Waals surface area contributed by atoms with Gasteiger partial charge in [0.15, 0.2) is 0 Å². The monoisotopic (exact) mass is 182 g/mol. The van der Waals surface area contributed by atoms with E-state index >= 15 is 0 Å². The first kappa shape index (κ1) is 8.25. The maximum atomic E-state index is 6.05. The molecule has 0 radical (unpaired) electrons. The summed E-state index contributed by atoms with van der Waals surface area (Å²) in [6.45, 7) is 4.00. The third-order valence-corrected chi connectivity index (χ3v) is 3.93. The molecule has 2 saturated heterocycles. The van der Waals surface area contributed by atoms with Crippen molar-refractivity contribution in [2.24, 2.45) is 11.8 Å². The molecule has 2 heteroatoms. The molecule has 4 atom stereocenters. The third kappa shape index (κ3) is 1.40. The Morgan fingerprint density at radius 3 is 3.00 bits per heavy atom. The van der Waals surface area contributed by atoms with Gasteiger partial charge in [-0.1, -0.05) is 0 Å². The van der Waals surface area contributed by atoms with Crippen molar-refractivity contribution in [3.63, 3.8) is 0 Å². The van der Waals surface area contributed by atoms with Crippen LogP contribution in [0.1, 0.15) is 32.6 Å². The molecule has 3 fully saturated rings. The normalized spacial score (nSPS) is 54.7. The van der Waals surface area contributed by atoms with Crippen LogP contribution in [0, 0.1) is 11.8 Å². The second-order valence-electron chi connectivity index (χ2n) is 5.11. The Bertz CT molecular complexity index is 202. The second-order valence-corrected chi connectivity index (χ2v) is 5.11. The molecule has 0 bridgehead atoms. The van der Waals surface area contributed by atoms with E-state index < -0.39 is 0 Å². The van der Waals surface area contributed by atoms with Gasteiger partial charge in [0, 0.05) is 6.42 Å². The second kappa shape index (κ2) is 2.71. The van der Waals surface area contributed by atoms with Crippen molar-refractivity contribution >= 4 is 0 Å². The van der Waals surface area contributed by atoms with Gasteiger partial charge < -0.3 is 9.47 Å². The van der Waals surface area contributed by atoms with E-state index in [4.69, 9.17) is 9.47 Å². The lowest BCUT2D eigenvalue weighted by Gasteiger charge is -2.26. The van der Waals surface area contributed by atoms with E-state index in [0.717, 1.165) is 31.5 Å². The molecule has 2 aliphatic heterocycles. The molecule has 0 unspecified atom stereocenters. The van der Waals surface area contributed by atoms with Crippen LogP contribution in [0.25, 0.3) is 0 Å². The summed E-state index contributed by atoms with van der Waals surface area (Å²) in [5, 5.41) is 0. The molecular formula is C11H18O2. The predicted octanol–water partition coefficient (Wildman–Crippen LogP) is 1.98. The Morgan fingerprint density at radius 2 is 2.23 bits per heavy atom. The van der Waals surface area contributed by atoms with Crippen LogP contribution >= 0.6 is 0 Å². The Morgan fingerprint density at radius 1 is 1.31 bits per heavy atom. The van der Waals surface area contributed by atoms with Crippen molar-refractivity contribution in [3.05, 3.63) is 0 Å². The highest BCUT2D eigenvalue weighted by atomic mass is 16.6. The first-order valence-electron chi connectivity index (χ1n) is 5.53. The van der Waals surface area contributed by atoms with Crippen molar-refractivity contribution in [3.8, 4) is 0 Å². The minimum Gasteiger partial charge on any atom is -0.375 e. The predicted molar refractivity (Wildman–Crippen MR) is 49.5 cm³/mol. The highest BCUT2D eigenvalue weighted by Crippen LogP contribution is 2.48. The van der Waals surface area contributed by atoms with Crippen LogP contribution < -0.4 is 0 Å². The van der Waals surface area contributed by atoms with Gasteiger partial charge in [0.05, 0.1) is 24.9 Å². The standard InChI is InChI=1S/C11H18O2/c1-8-5-11(7-12-8)3-2-9-4-10(9)6-13-11/h8-10H,2-7H2,1H3/t8-,9+,10-,11-/m1/s1. The summed E-state index contributed by atoms with van der Waals surface area (Å²) in [7, 11) is 0. The molecule has 1 saturated carbocycles. The average molecular weight is 182 g/mol. The van der Waals surface area contributed by atoms with Crippen LogP contribution in [0.4, 0.5) is 0 Å². The van der Waals surface area contributed by atoms with Crippen molar-refractivity contribution in [2.75, 3.05) is 13.2 Å². The SMILES string of the molecule is C[C@@H]1C[C@]2(CC[C@H]3C[C@@H]3CO2)CO1. The first-order chi connectivity index (χ1) is 6.27. The molecule has 0 amide bonds. The van der Waals surface area contributed by atoms with Gasteiger partial charge in [-0.15, -0.1) is 0 Å². The lowest BCUT2D eigenvalue weighted by atomic mass is 9.93. The Kier molecular flexibility index (Phi) is 1.72. The minimum absolute atomic E-state index is 0.118. The molecule has 2 nitrogen and oxygen atoms in total. The van der Waals surface area contributed by atoms with Crippen LogP contribution in [-0.2, 0) is 9.47 Å². The summed E-state index contributed by atoms with van der Waals surface area (Å²) < 4.78 is 11.7. The summed E-state index contributed by atoms with van der Waals surface area (Å²) >= 11 is 0. The van der Waals surface area contributed by atoms with Crippen molar-refractivity contribution in [1.82, 2.24) is 0 Å². The van der Waals surface area contributed by atoms with Crippen molar-refractivity contribution in [2.45, 2.75) is 44.3 Å². The molecule has 0 aromatic rings. The van der Waals surface area contributed by atoms with Gasteiger partial charge in [0.1, 0.15) is 0 Å². The smallest absolute Gasteiger partial charge is 0.0939 e. The Labute approximate surface area is 79.6 Å². The van der Waals surface area contributed by atoms with Crippen molar-refractivity contribution < 1.29 is 9.47 Å². The lowest BCUT2D eigenvalue weighted by molar-refractivity contribution is -0.0531. The van der Waals surface area contributed by atoms with E-state index in [-0.39, 0.29) is 5.60 Å². The van der Waals surface area contributed by atoms with Crippen LogP contribution in [0.3, 0.4) is 0 Å².